The van der Waals surface area contributed by atoms with Gasteiger partial charge in [-0.2, -0.15) is 0 Å². The van der Waals surface area contributed by atoms with E-state index in [0.29, 0.717) is 17.0 Å². The summed E-state index contributed by atoms with van der Waals surface area (Å²) in [5, 5.41) is 24.3. The standard InChI is InChI=1S/C28H23N3O3.Ni/c32-26(33)19-25(20-11-3-1-4-12-20)30-27(21-13-5-2-6-14-21)22-15-7-8-16-23(22)31-28(34)24-17-9-10-18-29-24;/h1-18,25H,19H2,(H,31,34)(H,32,33);/q;+2/p-2. The van der Waals surface area contributed by atoms with Gasteiger partial charge in [0.15, 0.2) is 0 Å². The summed E-state index contributed by atoms with van der Waals surface area (Å²) in [5.41, 5.74) is 3.31. The molecule has 1 unspecified atom stereocenters. The van der Waals surface area contributed by atoms with Crippen LogP contribution in [0.25, 0.3) is 0 Å². The minimum Gasteiger partial charge on any atom is -0.857 e. The molecule has 0 amide bonds. The van der Waals surface area contributed by atoms with Gasteiger partial charge in [-0.25, -0.2) is 0 Å². The summed E-state index contributed by atoms with van der Waals surface area (Å²) >= 11 is 0. The maximum Gasteiger partial charge on any atom is 2.00 e. The van der Waals surface area contributed by atoms with Crippen molar-refractivity contribution < 1.29 is 31.5 Å². The Labute approximate surface area is 213 Å². The fourth-order valence-corrected chi connectivity index (χ4v) is 3.55. The number of aliphatic carboxylic acids is 1. The summed E-state index contributed by atoms with van der Waals surface area (Å²) in [6.07, 6.45) is 1.25. The van der Waals surface area contributed by atoms with E-state index in [4.69, 9.17) is 4.99 Å². The van der Waals surface area contributed by atoms with Crippen molar-refractivity contribution in [2.75, 3.05) is 0 Å². The molecule has 4 rings (SSSR count). The van der Waals surface area contributed by atoms with Crippen LogP contribution in [0, 0.1) is 0 Å². The molecule has 0 aliphatic rings. The van der Waals surface area contributed by atoms with E-state index in [2.05, 4.69) is 9.98 Å². The van der Waals surface area contributed by atoms with Crippen LogP contribution in [-0.2, 0) is 21.3 Å². The van der Waals surface area contributed by atoms with Crippen LogP contribution in [0.5, 0.6) is 0 Å². The van der Waals surface area contributed by atoms with Gasteiger partial charge in [0.05, 0.1) is 23.1 Å². The van der Waals surface area contributed by atoms with Crippen molar-refractivity contribution in [3.8, 4) is 0 Å². The van der Waals surface area contributed by atoms with Crippen LogP contribution in [0.3, 0.4) is 0 Å². The second-order valence-corrected chi connectivity index (χ2v) is 7.50. The number of aliphatic imine (C=N–C) groups is 2. The van der Waals surface area contributed by atoms with Crippen LogP contribution in [0.1, 0.15) is 34.8 Å². The van der Waals surface area contributed by atoms with Crippen molar-refractivity contribution in [3.05, 3.63) is 132 Å². The molecule has 0 saturated heterocycles. The summed E-state index contributed by atoms with van der Waals surface area (Å²) < 4.78 is 0. The number of carbonyl (C=O) groups excluding carboxylic acids is 1. The van der Waals surface area contributed by atoms with E-state index in [1.54, 1.807) is 30.3 Å². The molecule has 0 aliphatic heterocycles. The van der Waals surface area contributed by atoms with Crippen molar-refractivity contribution in [2.45, 2.75) is 12.5 Å². The van der Waals surface area contributed by atoms with Crippen LogP contribution >= 0.6 is 0 Å². The maximum absolute atomic E-state index is 12.8. The molecular formula is C28H21N3NiO3. The number of hydrogen-bond acceptors (Lipinski definition) is 6. The third-order valence-electron chi connectivity index (χ3n) is 5.14. The SMILES string of the molecule is O=C([O-])CC(N=C(c1ccccc1)c1ccccc1N=C([O-])c1ccccn1)c1ccccc1.[Ni+2]. The van der Waals surface area contributed by atoms with Crippen LogP contribution in [0.2, 0.25) is 0 Å². The van der Waals surface area contributed by atoms with E-state index in [1.165, 1.54) is 6.20 Å². The van der Waals surface area contributed by atoms with Crippen LogP contribution in [-0.4, -0.2) is 22.6 Å². The topological polar surface area (TPSA) is 101 Å². The molecule has 35 heavy (non-hydrogen) atoms. The number of carboxylic acid groups (broad SMARTS) is 1. The Morgan fingerprint density at radius 1 is 0.800 bits per heavy atom. The smallest absolute Gasteiger partial charge is 0.857 e. The number of carbonyl (C=O) groups is 1. The number of pyridine rings is 1. The Morgan fingerprint density at radius 2 is 1.43 bits per heavy atom. The van der Waals surface area contributed by atoms with Gasteiger partial charge >= 0.3 is 16.5 Å². The number of benzene rings is 3. The molecule has 0 bridgehead atoms. The second-order valence-electron chi connectivity index (χ2n) is 7.50. The molecule has 0 saturated carbocycles. The Bertz CT molecular complexity index is 1310. The predicted octanol–water partition coefficient (Wildman–Crippen LogP) is 3.24. The Hall–Kier alpha value is -4.09. The number of nitrogens with zero attached hydrogens (tertiary/aromatic N) is 3. The molecule has 0 N–H and O–H groups in total. The van der Waals surface area contributed by atoms with E-state index in [1.807, 2.05) is 72.8 Å². The number of rotatable bonds is 8. The molecular weight excluding hydrogens is 485 g/mol. The first kappa shape index (κ1) is 25.5. The average molecular weight is 506 g/mol. The molecule has 1 atom stereocenters. The van der Waals surface area contributed by atoms with E-state index in [9.17, 15) is 15.0 Å². The molecule has 1 aromatic heterocycles. The first-order valence-electron chi connectivity index (χ1n) is 10.8. The molecule has 0 spiro atoms. The number of aromatic nitrogens is 1. The van der Waals surface area contributed by atoms with E-state index >= 15 is 0 Å². The first-order valence-corrected chi connectivity index (χ1v) is 10.8. The Kier molecular flexibility index (Phi) is 9.04. The maximum atomic E-state index is 12.8. The molecule has 6 nitrogen and oxygen atoms in total. The fourth-order valence-electron chi connectivity index (χ4n) is 3.55. The Balaban J connectivity index is 0.00000342. The monoisotopic (exact) mass is 505 g/mol. The molecule has 7 heteroatoms. The zero-order chi connectivity index (χ0) is 23.8. The van der Waals surface area contributed by atoms with Gasteiger partial charge in [0, 0.05) is 35.6 Å². The zero-order valence-electron chi connectivity index (χ0n) is 18.6. The van der Waals surface area contributed by atoms with Gasteiger partial charge in [-0.05, 0) is 23.8 Å². The molecule has 4 aromatic rings. The minimum absolute atomic E-state index is 0. The average Bonchev–Trinajstić information content (AvgIpc) is 2.88. The van der Waals surface area contributed by atoms with Gasteiger partial charge in [0.25, 0.3) is 0 Å². The normalized spacial score (nSPS) is 12.5. The van der Waals surface area contributed by atoms with Crippen molar-refractivity contribution >= 4 is 23.3 Å². The molecule has 1 heterocycles. The van der Waals surface area contributed by atoms with Crippen molar-refractivity contribution in [1.82, 2.24) is 4.98 Å². The third-order valence-corrected chi connectivity index (χ3v) is 5.14. The summed E-state index contributed by atoms with van der Waals surface area (Å²) in [6.45, 7) is 0. The second kappa shape index (κ2) is 12.4. The van der Waals surface area contributed by atoms with Crippen molar-refractivity contribution in [1.29, 1.82) is 0 Å². The summed E-state index contributed by atoms with van der Waals surface area (Å²) in [6, 6.07) is 30.1. The third kappa shape index (κ3) is 6.72. The molecule has 0 fully saturated rings. The Morgan fingerprint density at radius 3 is 2.09 bits per heavy atom. The van der Waals surface area contributed by atoms with E-state index in [-0.39, 0.29) is 28.6 Å². The summed E-state index contributed by atoms with van der Waals surface area (Å²) in [7, 11) is 0. The quantitative estimate of drug-likeness (QED) is 0.208. The van der Waals surface area contributed by atoms with Gasteiger partial charge in [-0.1, -0.05) is 84.9 Å². The minimum atomic E-state index is -1.20. The predicted molar refractivity (Wildman–Crippen MR) is 128 cm³/mol. The van der Waals surface area contributed by atoms with Crippen LogP contribution in [0.15, 0.2) is 119 Å². The van der Waals surface area contributed by atoms with Gasteiger partial charge in [0.2, 0.25) is 0 Å². The van der Waals surface area contributed by atoms with Gasteiger partial charge in [-0.3, -0.25) is 15.0 Å². The van der Waals surface area contributed by atoms with Gasteiger partial charge in [-0.15, -0.1) is 0 Å². The first-order chi connectivity index (χ1) is 16.6. The van der Waals surface area contributed by atoms with Crippen LogP contribution in [0.4, 0.5) is 5.69 Å². The van der Waals surface area contributed by atoms with Crippen molar-refractivity contribution in [3.63, 3.8) is 0 Å². The summed E-state index contributed by atoms with van der Waals surface area (Å²) in [4.78, 5) is 24.8. The van der Waals surface area contributed by atoms with Gasteiger partial charge in [0.1, 0.15) is 0 Å². The molecule has 0 radical (unpaired) electrons. The van der Waals surface area contributed by atoms with E-state index < -0.39 is 17.9 Å². The number of carboxylic acids is 1. The molecule has 3 aromatic carbocycles. The van der Waals surface area contributed by atoms with Crippen molar-refractivity contribution in [2.24, 2.45) is 9.98 Å². The zero-order valence-corrected chi connectivity index (χ0v) is 19.5. The largest absolute Gasteiger partial charge is 2.00 e. The molecule has 176 valence electrons. The number of hydrogen-bond donors (Lipinski definition) is 0. The summed E-state index contributed by atoms with van der Waals surface area (Å²) in [5.74, 6) is -1.68. The van der Waals surface area contributed by atoms with Gasteiger partial charge < -0.3 is 15.0 Å². The van der Waals surface area contributed by atoms with Crippen LogP contribution < -0.4 is 10.2 Å². The number of para-hydroxylation sites is 1. The molecule has 0 aliphatic carbocycles. The van der Waals surface area contributed by atoms with E-state index in [0.717, 1.165) is 11.1 Å². The fraction of sp³-hybridized carbons (Fsp3) is 0.0714.